The second kappa shape index (κ2) is 7.44. The molecule has 1 aromatic carbocycles. The summed E-state index contributed by atoms with van der Waals surface area (Å²) in [5, 5.41) is 3.92. The number of rotatable bonds is 6. The maximum atomic E-state index is 6.27. The van der Waals surface area contributed by atoms with E-state index in [9.17, 15) is 0 Å². The highest BCUT2D eigenvalue weighted by Crippen LogP contribution is 2.36. The van der Waals surface area contributed by atoms with Crippen molar-refractivity contribution in [3.05, 3.63) is 33.1 Å². The summed E-state index contributed by atoms with van der Waals surface area (Å²) in [6.07, 6.45) is 2.11. The van der Waals surface area contributed by atoms with E-state index in [4.69, 9.17) is 17.3 Å². The fraction of sp³-hybridized carbons (Fsp3) is 0.471. The zero-order valence-corrected chi connectivity index (χ0v) is 15.3. The van der Waals surface area contributed by atoms with Gasteiger partial charge in [-0.15, -0.1) is 11.3 Å². The van der Waals surface area contributed by atoms with Gasteiger partial charge >= 0.3 is 0 Å². The maximum Gasteiger partial charge on any atom is 0.0901 e. The number of hydrogen-bond acceptors (Lipinski definition) is 4. The fourth-order valence-electron chi connectivity index (χ4n) is 2.69. The van der Waals surface area contributed by atoms with Crippen molar-refractivity contribution in [1.82, 2.24) is 4.98 Å². The Morgan fingerprint density at radius 1 is 1.36 bits per heavy atom. The molecule has 1 atom stereocenters. The van der Waals surface area contributed by atoms with Crippen molar-refractivity contribution in [3.8, 4) is 11.3 Å². The highest BCUT2D eigenvalue weighted by atomic mass is 35.5. The number of nitrogens with zero attached hydrogens (tertiary/aromatic N) is 2. The van der Waals surface area contributed by atoms with Gasteiger partial charge in [-0.25, -0.2) is 4.98 Å². The number of hydrogen-bond donors (Lipinski definition) is 1. The van der Waals surface area contributed by atoms with E-state index in [2.05, 4.69) is 36.2 Å². The molecule has 2 rings (SSSR count). The number of benzene rings is 1. The molecule has 0 spiro atoms. The molecule has 5 heteroatoms. The number of aryl methyl sites for hydroxylation is 2. The Labute approximate surface area is 142 Å². The Balaban J connectivity index is 2.33. The van der Waals surface area contributed by atoms with Gasteiger partial charge in [-0.05, 0) is 51.3 Å². The Morgan fingerprint density at radius 3 is 2.68 bits per heavy atom. The average Bonchev–Trinajstić information content (AvgIpc) is 2.83. The van der Waals surface area contributed by atoms with Gasteiger partial charge in [0.15, 0.2) is 0 Å². The molecular weight excluding hydrogens is 314 g/mol. The molecule has 0 aliphatic carbocycles. The molecule has 120 valence electrons. The molecule has 0 aliphatic heterocycles. The van der Waals surface area contributed by atoms with Crippen molar-refractivity contribution in [2.24, 2.45) is 5.73 Å². The van der Waals surface area contributed by atoms with Crippen molar-refractivity contribution in [2.45, 2.75) is 39.7 Å². The van der Waals surface area contributed by atoms with Gasteiger partial charge in [-0.2, -0.15) is 0 Å². The number of nitrogens with two attached hydrogens (primary N) is 1. The molecule has 22 heavy (non-hydrogen) atoms. The third-order valence-corrected chi connectivity index (χ3v) is 4.69. The molecule has 0 saturated heterocycles. The summed E-state index contributed by atoms with van der Waals surface area (Å²) >= 11 is 7.93. The van der Waals surface area contributed by atoms with Gasteiger partial charge in [0.05, 0.1) is 10.7 Å². The van der Waals surface area contributed by atoms with Gasteiger partial charge in [0.25, 0.3) is 0 Å². The lowest BCUT2D eigenvalue weighted by Gasteiger charge is -2.25. The predicted octanol–water partition coefficient (Wildman–Crippen LogP) is 4.64. The van der Waals surface area contributed by atoms with Crippen LogP contribution in [0.5, 0.6) is 0 Å². The predicted molar refractivity (Wildman–Crippen MR) is 98.2 cm³/mol. The fourth-order valence-corrected chi connectivity index (χ4v) is 3.57. The standard InChI is InChI=1S/C17H24ClN3S/c1-11-8-14(18)9-15(16-10-22-13(3)20-16)17(11)21(4)7-5-6-12(2)19/h8-10,12H,5-7,19H2,1-4H3/t12-/m0/s1. The van der Waals surface area contributed by atoms with E-state index >= 15 is 0 Å². The molecule has 1 aromatic heterocycles. The second-order valence-electron chi connectivity index (χ2n) is 5.91. The van der Waals surface area contributed by atoms with Gasteiger partial charge in [0.2, 0.25) is 0 Å². The largest absolute Gasteiger partial charge is 0.374 e. The van der Waals surface area contributed by atoms with Crippen molar-refractivity contribution in [1.29, 1.82) is 0 Å². The molecule has 1 heterocycles. The second-order valence-corrected chi connectivity index (χ2v) is 7.41. The van der Waals surface area contributed by atoms with Gasteiger partial charge in [-0.3, -0.25) is 0 Å². The summed E-state index contributed by atoms with van der Waals surface area (Å²) in [5.74, 6) is 0. The Bertz CT molecular complexity index is 637. The van der Waals surface area contributed by atoms with Crippen molar-refractivity contribution < 1.29 is 0 Å². The van der Waals surface area contributed by atoms with E-state index in [0.29, 0.717) is 0 Å². The Kier molecular flexibility index (Phi) is 5.84. The highest BCUT2D eigenvalue weighted by Gasteiger charge is 2.15. The molecule has 0 aliphatic rings. The van der Waals surface area contributed by atoms with Crippen LogP contribution in [0.3, 0.4) is 0 Å². The molecule has 0 unspecified atom stereocenters. The Hall–Kier alpha value is -1.10. The van der Waals surface area contributed by atoms with Crippen LogP contribution in [0.2, 0.25) is 5.02 Å². The number of anilines is 1. The van der Waals surface area contributed by atoms with E-state index < -0.39 is 0 Å². The van der Waals surface area contributed by atoms with E-state index in [1.165, 1.54) is 11.3 Å². The SMILES string of the molecule is Cc1nc(-c2cc(Cl)cc(C)c2N(C)CCC[C@H](C)N)cs1. The average molecular weight is 338 g/mol. The summed E-state index contributed by atoms with van der Waals surface area (Å²) in [7, 11) is 2.13. The highest BCUT2D eigenvalue weighted by molar-refractivity contribution is 7.09. The monoisotopic (exact) mass is 337 g/mol. The van der Waals surface area contributed by atoms with E-state index in [-0.39, 0.29) is 6.04 Å². The smallest absolute Gasteiger partial charge is 0.0901 e. The molecule has 0 amide bonds. The zero-order valence-electron chi connectivity index (χ0n) is 13.7. The van der Waals surface area contributed by atoms with Crippen molar-refractivity contribution >= 4 is 28.6 Å². The zero-order chi connectivity index (χ0) is 16.3. The van der Waals surface area contributed by atoms with Crippen molar-refractivity contribution in [2.75, 3.05) is 18.5 Å². The normalized spacial score (nSPS) is 12.5. The van der Waals surface area contributed by atoms with E-state index in [0.717, 1.165) is 40.7 Å². The molecule has 0 radical (unpaired) electrons. The Morgan fingerprint density at radius 2 is 2.09 bits per heavy atom. The van der Waals surface area contributed by atoms with Gasteiger partial charge in [-0.1, -0.05) is 11.6 Å². The summed E-state index contributed by atoms with van der Waals surface area (Å²) in [5.41, 5.74) is 10.3. The van der Waals surface area contributed by atoms with E-state index in [1.807, 2.05) is 19.1 Å². The van der Waals surface area contributed by atoms with Gasteiger partial charge < -0.3 is 10.6 Å². The van der Waals surface area contributed by atoms with Crippen LogP contribution in [0.4, 0.5) is 5.69 Å². The third-order valence-electron chi connectivity index (χ3n) is 3.69. The molecule has 0 fully saturated rings. The van der Waals surface area contributed by atoms with Crippen LogP contribution in [0.15, 0.2) is 17.5 Å². The lowest BCUT2D eigenvalue weighted by molar-refractivity contribution is 0.621. The first kappa shape index (κ1) is 17.3. The summed E-state index contributed by atoms with van der Waals surface area (Å²) in [6, 6.07) is 4.28. The summed E-state index contributed by atoms with van der Waals surface area (Å²) in [4.78, 5) is 6.92. The van der Waals surface area contributed by atoms with Crippen LogP contribution in [0, 0.1) is 13.8 Å². The van der Waals surface area contributed by atoms with Crippen LogP contribution in [-0.2, 0) is 0 Å². The topological polar surface area (TPSA) is 42.2 Å². The van der Waals surface area contributed by atoms with Crippen LogP contribution < -0.4 is 10.6 Å². The maximum absolute atomic E-state index is 6.27. The summed E-state index contributed by atoms with van der Waals surface area (Å²) in [6.45, 7) is 7.15. The molecule has 0 bridgehead atoms. The lowest BCUT2D eigenvalue weighted by Crippen LogP contribution is -2.23. The van der Waals surface area contributed by atoms with Gasteiger partial charge in [0.1, 0.15) is 0 Å². The van der Waals surface area contributed by atoms with Crippen LogP contribution in [0.1, 0.15) is 30.3 Å². The van der Waals surface area contributed by atoms with Gasteiger partial charge in [0, 0.05) is 41.3 Å². The minimum Gasteiger partial charge on any atom is -0.374 e. The molecule has 0 saturated carbocycles. The van der Waals surface area contributed by atoms with Crippen molar-refractivity contribution in [3.63, 3.8) is 0 Å². The first-order chi connectivity index (χ1) is 10.4. The molecule has 2 N–H and O–H groups in total. The number of thiazole rings is 1. The quantitative estimate of drug-likeness (QED) is 0.834. The lowest BCUT2D eigenvalue weighted by atomic mass is 10.0. The number of aromatic nitrogens is 1. The minimum atomic E-state index is 0.250. The molecule has 3 nitrogen and oxygen atoms in total. The van der Waals surface area contributed by atoms with E-state index in [1.54, 1.807) is 11.3 Å². The minimum absolute atomic E-state index is 0.250. The van der Waals surface area contributed by atoms with Crippen LogP contribution in [0.25, 0.3) is 11.3 Å². The number of halogens is 1. The molecular formula is C17H24ClN3S. The molecule has 2 aromatic rings. The summed E-state index contributed by atoms with van der Waals surface area (Å²) < 4.78 is 0. The third kappa shape index (κ3) is 4.22. The van der Waals surface area contributed by atoms with Crippen LogP contribution >= 0.6 is 22.9 Å². The first-order valence-electron chi connectivity index (χ1n) is 7.58. The first-order valence-corrected chi connectivity index (χ1v) is 8.83. The van der Waals surface area contributed by atoms with Crippen LogP contribution in [-0.4, -0.2) is 24.6 Å².